The summed E-state index contributed by atoms with van der Waals surface area (Å²) in [6, 6.07) is 0. The van der Waals surface area contributed by atoms with E-state index in [1.165, 1.54) is 13.3 Å². The van der Waals surface area contributed by atoms with Crippen LogP contribution in [0.15, 0.2) is 0 Å². The fourth-order valence-electron chi connectivity index (χ4n) is 0.278. The minimum absolute atomic E-state index is 1.20. The number of nitrogens with one attached hydrogen (secondary N) is 1. The van der Waals surface area contributed by atoms with Crippen molar-refractivity contribution in [2.45, 2.75) is 0 Å². The minimum Gasteiger partial charge on any atom is -0.306 e. The van der Waals surface area contributed by atoms with E-state index in [4.69, 9.17) is 4.55 Å². The van der Waals surface area contributed by atoms with Gasteiger partial charge in [-0.3, -0.25) is 4.55 Å². The highest BCUT2D eigenvalue weighted by molar-refractivity contribution is 7.91. The van der Waals surface area contributed by atoms with E-state index in [-0.39, 0.29) is 0 Å². The van der Waals surface area contributed by atoms with Crippen molar-refractivity contribution in [3.05, 3.63) is 0 Å². The Morgan fingerprint density at radius 1 is 1.44 bits per heavy atom. The second kappa shape index (κ2) is 2.38. The van der Waals surface area contributed by atoms with Crippen molar-refractivity contribution in [3.8, 4) is 0 Å². The molecular weight excluding hydrogens is 165 g/mol. The van der Waals surface area contributed by atoms with Crippen LogP contribution in [0.2, 0.25) is 0 Å². The number of hydrogen-bond donors (Lipinski definition) is 2. The first-order valence-corrected chi connectivity index (χ1v) is 6.06. The third-order valence-corrected chi connectivity index (χ3v) is 3.02. The van der Waals surface area contributed by atoms with E-state index in [9.17, 15) is 13.0 Å². The van der Waals surface area contributed by atoms with E-state index < -0.39 is 17.6 Å². The molecule has 0 radical (unpaired) electrons. The van der Waals surface area contributed by atoms with Gasteiger partial charge in [-0.2, -0.15) is 8.42 Å². The van der Waals surface area contributed by atoms with Gasteiger partial charge in [0.25, 0.3) is 0 Å². The lowest BCUT2D eigenvalue weighted by atomic mass is 11.9. The van der Waals surface area contributed by atoms with Crippen LogP contribution in [0.25, 0.3) is 0 Å². The van der Waals surface area contributed by atoms with Crippen LogP contribution in [0.1, 0.15) is 0 Å². The first-order valence-electron chi connectivity index (χ1n) is 2.02. The van der Waals surface area contributed by atoms with Crippen molar-refractivity contribution < 1.29 is 17.5 Å². The molecule has 9 heavy (non-hydrogen) atoms. The molecule has 0 rings (SSSR count). The topological polar surface area (TPSA) is 83.5 Å². The van der Waals surface area contributed by atoms with Gasteiger partial charge >= 0.3 is 10.3 Å². The molecule has 0 aromatic carbocycles. The van der Waals surface area contributed by atoms with Crippen LogP contribution in [-0.2, 0) is 14.9 Å². The van der Waals surface area contributed by atoms with E-state index >= 15 is 0 Å². The molecule has 2 N–H and O–H groups in total. The summed E-state index contributed by atoms with van der Waals surface area (Å²) >= 11 is 0. The second-order valence-corrected chi connectivity index (χ2v) is 6.30. The molecule has 0 spiro atoms. The molecule has 0 unspecified atom stereocenters. The zero-order valence-corrected chi connectivity index (χ0v) is 6.74. The first kappa shape index (κ1) is 9.10. The first-order chi connectivity index (χ1) is 3.71. The fourth-order valence-corrected chi connectivity index (χ4v) is 2.50. The van der Waals surface area contributed by atoms with Gasteiger partial charge in [-0.25, -0.2) is 0 Å². The van der Waals surface area contributed by atoms with E-state index in [1.54, 1.807) is 4.49 Å². The lowest BCUT2D eigenvalue weighted by Gasteiger charge is -2.03. The van der Waals surface area contributed by atoms with Crippen molar-refractivity contribution in [1.82, 2.24) is 4.49 Å². The molecule has 0 aromatic heterocycles. The SMILES string of the molecule is CP(C)(=O)NS(=O)(=O)O. The van der Waals surface area contributed by atoms with Crippen LogP contribution in [0, 0.1) is 0 Å². The van der Waals surface area contributed by atoms with Gasteiger partial charge in [-0.05, 0) is 0 Å². The Bertz CT molecular complexity index is 225. The molecule has 0 aliphatic carbocycles. The highest BCUT2D eigenvalue weighted by atomic mass is 32.2. The lowest BCUT2D eigenvalue weighted by Crippen LogP contribution is -2.18. The lowest BCUT2D eigenvalue weighted by molar-refractivity contribution is 0.478. The quantitative estimate of drug-likeness (QED) is 0.451. The zero-order chi connectivity index (χ0) is 7.71. The maximum atomic E-state index is 10.6. The van der Waals surface area contributed by atoms with Gasteiger partial charge in [0.15, 0.2) is 7.29 Å². The van der Waals surface area contributed by atoms with Gasteiger partial charge in [0.05, 0.1) is 0 Å². The summed E-state index contributed by atoms with van der Waals surface area (Å²) in [6.07, 6.45) is 0. The van der Waals surface area contributed by atoms with Gasteiger partial charge in [-0.1, -0.05) is 0 Å². The predicted octanol–water partition coefficient (Wildman–Crippen LogP) is -0.0835. The minimum atomic E-state index is -4.29. The summed E-state index contributed by atoms with van der Waals surface area (Å²) < 4.78 is 40.0. The molecule has 7 heteroatoms. The standard InChI is InChI=1S/C2H8NO4PS/c1-8(2,4)3-9(5,6)7/h1-2H3,(H,3,4)(H,5,6,7). The summed E-state index contributed by atoms with van der Waals surface area (Å²) in [7, 11) is -7.17. The molecule has 0 aliphatic rings. The van der Waals surface area contributed by atoms with Crippen LogP contribution in [0.4, 0.5) is 0 Å². The summed E-state index contributed by atoms with van der Waals surface area (Å²) in [4.78, 5) is 0. The molecule has 0 saturated carbocycles. The Morgan fingerprint density at radius 2 is 1.78 bits per heavy atom. The summed E-state index contributed by atoms with van der Waals surface area (Å²) in [6.45, 7) is 2.39. The Labute approximate surface area is 53.8 Å². The molecule has 0 aromatic rings. The van der Waals surface area contributed by atoms with Crippen molar-refractivity contribution in [2.24, 2.45) is 0 Å². The van der Waals surface area contributed by atoms with Crippen molar-refractivity contribution in [2.75, 3.05) is 13.3 Å². The maximum Gasteiger partial charge on any atom is 0.339 e. The Kier molecular flexibility index (Phi) is 2.41. The zero-order valence-electron chi connectivity index (χ0n) is 5.03. The molecule has 5 nitrogen and oxygen atoms in total. The van der Waals surface area contributed by atoms with Crippen LogP contribution in [0.5, 0.6) is 0 Å². The molecule has 0 fully saturated rings. The third kappa shape index (κ3) is 8.10. The maximum absolute atomic E-state index is 10.6. The average molecular weight is 173 g/mol. The Morgan fingerprint density at radius 3 is 1.78 bits per heavy atom. The van der Waals surface area contributed by atoms with E-state index in [0.29, 0.717) is 0 Å². The van der Waals surface area contributed by atoms with Gasteiger partial charge in [0, 0.05) is 13.3 Å². The molecule has 0 bridgehead atoms. The highest BCUT2D eigenvalue weighted by Crippen LogP contribution is 2.30. The number of hydrogen-bond acceptors (Lipinski definition) is 3. The van der Waals surface area contributed by atoms with Crippen LogP contribution >= 0.6 is 7.29 Å². The van der Waals surface area contributed by atoms with Crippen LogP contribution < -0.4 is 4.49 Å². The normalized spacial score (nSPS) is 13.7. The highest BCUT2D eigenvalue weighted by Gasteiger charge is 2.13. The number of rotatable bonds is 2. The smallest absolute Gasteiger partial charge is 0.306 e. The van der Waals surface area contributed by atoms with E-state index in [1.807, 2.05) is 0 Å². The van der Waals surface area contributed by atoms with Crippen molar-refractivity contribution in [3.63, 3.8) is 0 Å². The van der Waals surface area contributed by atoms with E-state index in [2.05, 4.69) is 0 Å². The summed E-state index contributed by atoms with van der Waals surface area (Å²) in [5.41, 5.74) is 0. The van der Waals surface area contributed by atoms with Gasteiger partial charge in [0.2, 0.25) is 0 Å². The van der Waals surface area contributed by atoms with Gasteiger partial charge in [0.1, 0.15) is 0 Å². The summed E-state index contributed by atoms with van der Waals surface area (Å²) in [5.74, 6) is 0. The predicted molar refractivity (Wildman–Crippen MR) is 34.1 cm³/mol. The molecule has 0 amide bonds. The molecule has 0 heterocycles. The van der Waals surface area contributed by atoms with Crippen LogP contribution in [-0.4, -0.2) is 26.3 Å². The Balaban J connectivity index is 4.26. The molecule has 0 atom stereocenters. The molecular formula is C2H8NO4PS. The van der Waals surface area contributed by atoms with Gasteiger partial charge in [-0.15, -0.1) is 4.49 Å². The van der Waals surface area contributed by atoms with E-state index in [0.717, 1.165) is 0 Å². The van der Waals surface area contributed by atoms with Crippen molar-refractivity contribution in [1.29, 1.82) is 0 Å². The van der Waals surface area contributed by atoms with Gasteiger partial charge < -0.3 is 4.57 Å². The monoisotopic (exact) mass is 173 g/mol. The summed E-state index contributed by atoms with van der Waals surface area (Å²) in [5, 5.41) is 0. The third-order valence-electron chi connectivity index (χ3n) is 0.335. The average Bonchev–Trinajstić information content (AvgIpc) is 1.14. The Hall–Kier alpha value is 0.1000. The fraction of sp³-hybridized carbons (Fsp3) is 1.00. The second-order valence-electron chi connectivity index (χ2n) is 1.92. The van der Waals surface area contributed by atoms with Crippen molar-refractivity contribution >= 4 is 17.6 Å². The molecule has 0 saturated heterocycles. The largest absolute Gasteiger partial charge is 0.339 e. The molecule has 56 valence electrons. The molecule has 0 aliphatic heterocycles. The van der Waals surface area contributed by atoms with Crippen LogP contribution in [0.3, 0.4) is 0 Å².